The number of benzene rings is 2. The molecule has 1 N–H and O–H groups in total. The second kappa shape index (κ2) is 10.2. The van der Waals surface area contributed by atoms with E-state index in [2.05, 4.69) is 10.1 Å². The molecular formula is C20H18F2N2O7. The van der Waals surface area contributed by atoms with Gasteiger partial charge in [-0.3, -0.25) is 19.7 Å². The van der Waals surface area contributed by atoms with E-state index in [0.717, 1.165) is 44.6 Å². The molecule has 0 spiro atoms. The number of nitrogens with zero attached hydrogens (tertiary/aromatic N) is 1. The third-order valence-corrected chi connectivity index (χ3v) is 4.49. The number of ether oxygens (including phenoxy) is 2. The molecule has 0 fully saturated rings. The smallest absolute Gasteiger partial charge is 0.329 e. The van der Waals surface area contributed by atoms with Gasteiger partial charge in [0.15, 0.2) is 11.6 Å². The van der Waals surface area contributed by atoms with Gasteiger partial charge in [-0.1, -0.05) is 18.2 Å². The lowest BCUT2D eigenvalue weighted by Crippen LogP contribution is -2.46. The number of halogens is 2. The fraction of sp³-hybridized carbons (Fsp3) is 0.250. The van der Waals surface area contributed by atoms with Gasteiger partial charge in [-0.25, -0.2) is 13.6 Å². The number of nitro benzene ring substituents is 1. The minimum absolute atomic E-state index is 0.235. The summed E-state index contributed by atoms with van der Waals surface area (Å²) in [5.74, 6) is -6.60. The van der Waals surface area contributed by atoms with Gasteiger partial charge in [-0.2, -0.15) is 0 Å². The summed E-state index contributed by atoms with van der Waals surface area (Å²) in [6, 6.07) is 6.35. The summed E-state index contributed by atoms with van der Waals surface area (Å²) in [5, 5.41) is 13.1. The monoisotopic (exact) mass is 436 g/mol. The number of amides is 1. The Morgan fingerprint density at radius 1 is 1.06 bits per heavy atom. The Balaban J connectivity index is 2.46. The third-order valence-electron chi connectivity index (χ3n) is 4.49. The van der Waals surface area contributed by atoms with Gasteiger partial charge < -0.3 is 14.8 Å². The molecule has 2 aromatic rings. The molecule has 11 heteroatoms. The number of hydrogen-bond donors (Lipinski definition) is 1. The van der Waals surface area contributed by atoms with Crippen LogP contribution in [0.15, 0.2) is 42.5 Å². The van der Waals surface area contributed by atoms with Crippen molar-refractivity contribution in [3.8, 4) is 0 Å². The number of carbonyl (C=O) groups is 3. The Morgan fingerprint density at radius 3 is 2.26 bits per heavy atom. The predicted molar refractivity (Wildman–Crippen MR) is 102 cm³/mol. The molecule has 0 radical (unpaired) electrons. The van der Waals surface area contributed by atoms with Gasteiger partial charge in [0, 0.05) is 18.1 Å². The van der Waals surface area contributed by atoms with Crippen LogP contribution in [-0.2, 0) is 19.1 Å². The van der Waals surface area contributed by atoms with Crippen molar-refractivity contribution in [1.29, 1.82) is 0 Å². The van der Waals surface area contributed by atoms with Gasteiger partial charge in [0.2, 0.25) is 0 Å². The summed E-state index contributed by atoms with van der Waals surface area (Å²) in [6.45, 7) is 0. The average molecular weight is 436 g/mol. The molecule has 164 valence electrons. The maximum absolute atomic E-state index is 14.0. The molecule has 0 unspecified atom stereocenters. The van der Waals surface area contributed by atoms with Crippen LogP contribution in [-0.4, -0.2) is 43.0 Å². The molecule has 2 rings (SSSR count). The van der Waals surface area contributed by atoms with Crippen molar-refractivity contribution in [2.75, 3.05) is 14.2 Å². The molecule has 0 heterocycles. The summed E-state index contributed by atoms with van der Waals surface area (Å²) in [5.41, 5.74) is -0.623. The fourth-order valence-corrected chi connectivity index (χ4v) is 2.88. The molecule has 0 aliphatic rings. The fourth-order valence-electron chi connectivity index (χ4n) is 2.88. The van der Waals surface area contributed by atoms with Crippen molar-refractivity contribution < 1.29 is 37.6 Å². The van der Waals surface area contributed by atoms with Gasteiger partial charge in [-0.05, 0) is 17.7 Å². The highest BCUT2D eigenvalue weighted by Gasteiger charge is 2.35. The molecule has 9 nitrogen and oxygen atoms in total. The van der Waals surface area contributed by atoms with Crippen LogP contribution < -0.4 is 5.32 Å². The highest BCUT2D eigenvalue weighted by atomic mass is 19.2. The van der Waals surface area contributed by atoms with Crippen LogP contribution in [0.1, 0.15) is 28.3 Å². The SMILES string of the molecule is COC(=O)C[C@H](c1ccc([N+](=O)[O-])cc1)[C@@H](NC(=O)c1cccc(F)c1F)C(=O)OC. The Labute approximate surface area is 175 Å². The first-order valence-corrected chi connectivity index (χ1v) is 8.83. The number of rotatable bonds is 8. The Hall–Kier alpha value is -3.89. The van der Waals surface area contributed by atoms with Crippen molar-refractivity contribution >= 4 is 23.5 Å². The number of carbonyl (C=O) groups excluding carboxylic acids is 3. The largest absolute Gasteiger partial charge is 0.469 e. The molecule has 1 amide bonds. The summed E-state index contributed by atoms with van der Waals surface area (Å²) < 4.78 is 36.8. The van der Waals surface area contributed by atoms with Crippen LogP contribution in [0.5, 0.6) is 0 Å². The summed E-state index contributed by atoms with van der Waals surface area (Å²) in [7, 11) is 2.15. The summed E-state index contributed by atoms with van der Waals surface area (Å²) in [6.07, 6.45) is -0.417. The van der Waals surface area contributed by atoms with Crippen molar-refractivity contribution in [2.45, 2.75) is 18.4 Å². The number of methoxy groups -OCH3 is 2. The highest BCUT2D eigenvalue weighted by Crippen LogP contribution is 2.27. The number of nitrogens with one attached hydrogen (secondary N) is 1. The van der Waals surface area contributed by atoms with Crippen LogP contribution in [0, 0.1) is 21.7 Å². The zero-order chi connectivity index (χ0) is 23.1. The quantitative estimate of drug-likeness (QED) is 0.383. The van der Waals surface area contributed by atoms with E-state index in [9.17, 15) is 33.3 Å². The Morgan fingerprint density at radius 2 is 1.71 bits per heavy atom. The first kappa shape index (κ1) is 23.4. The van der Waals surface area contributed by atoms with Gasteiger partial charge in [0.25, 0.3) is 11.6 Å². The molecule has 0 saturated heterocycles. The molecule has 0 aromatic heterocycles. The molecule has 31 heavy (non-hydrogen) atoms. The zero-order valence-corrected chi connectivity index (χ0v) is 16.5. The van der Waals surface area contributed by atoms with E-state index in [4.69, 9.17) is 4.74 Å². The lowest BCUT2D eigenvalue weighted by atomic mass is 9.88. The maximum Gasteiger partial charge on any atom is 0.329 e. The summed E-state index contributed by atoms with van der Waals surface area (Å²) in [4.78, 5) is 47.2. The van der Waals surface area contributed by atoms with E-state index in [0.29, 0.717) is 0 Å². The van der Waals surface area contributed by atoms with E-state index in [-0.39, 0.29) is 11.3 Å². The van der Waals surface area contributed by atoms with Gasteiger partial charge >= 0.3 is 11.9 Å². The number of esters is 2. The molecular weight excluding hydrogens is 418 g/mol. The lowest BCUT2D eigenvalue weighted by Gasteiger charge is -2.26. The van der Waals surface area contributed by atoms with Crippen LogP contribution in [0.4, 0.5) is 14.5 Å². The van der Waals surface area contributed by atoms with Crippen molar-refractivity contribution in [2.24, 2.45) is 0 Å². The van der Waals surface area contributed by atoms with Crippen LogP contribution in [0.25, 0.3) is 0 Å². The van der Waals surface area contributed by atoms with E-state index >= 15 is 0 Å². The second-order valence-electron chi connectivity index (χ2n) is 6.31. The van der Waals surface area contributed by atoms with Crippen LogP contribution in [0.2, 0.25) is 0 Å². The molecule has 0 aliphatic heterocycles. The predicted octanol–water partition coefficient (Wildman–Crippen LogP) is 2.49. The van der Waals surface area contributed by atoms with Gasteiger partial charge in [0.05, 0.1) is 31.1 Å². The average Bonchev–Trinajstić information content (AvgIpc) is 2.77. The number of nitro groups is 1. The molecule has 0 saturated carbocycles. The van der Waals surface area contributed by atoms with Crippen molar-refractivity contribution in [3.05, 3.63) is 75.3 Å². The lowest BCUT2D eigenvalue weighted by molar-refractivity contribution is -0.384. The van der Waals surface area contributed by atoms with E-state index in [1.54, 1.807) is 0 Å². The Bertz CT molecular complexity index is 996. The third kappa shape index (κ3) is 5.59. The van der Waals surface area contributed by atoms with Gasteiger partial charge in [-0.15, -0.1) is 0 Å². The van der Waals surface area contributed by atoms with E-state index in [1.165, 1.54) is 12.1 Å². The summed E-state index contributed by atoms with van der Waals surface area (Å²) >= 11 is 0. The topological polar surface area (TPSA) is 125 Å². The maximum atomic E-state index is 14.0. The number of non-ortho nitro benzene ring substituents is 1. The first-order chi connectivity index (χ1) is 14.7. The zero-order valence-electron chi connectivity index (χ0n) is 16.5. The van der Waals surface area contributed by atoms with Crippen molar-refractivity contribution in [3.63, 3.8) is 0 Å². The van der Waals surface area contributed by atoms with Gasteiger partial charge in [0.1, 0.15) is 6.04 Å². The molecule has 2 aromatic carbocycles. The Kier molecular flexibility index (Phi) is 7.72. The van der Waals surface area contributed by atoms with Crippen LogP contribution >= 0.6 is 0 Å². The molecule has 2 atom stereocenters. The highest BCUT2D eigenvalue weighted by molar-refractivity contribution is 5.97. The molecule has 0 bridgehead atoms. The molecule has 0 aliphatic carbocycles. The van der Waals surface area contributed by atoms with E-state index < -0.39 is 58.3 Å². The minimum Gasteiger partial charge on any atom is -0.469 e. The normalized spacial score (nSPS) is 12.4. The minimum atomic E-state index is -1.51. The standard InChI is InChI=1S/C20H18F2N2O7/c1-30-16(25)10-14(11-6-8-12(9-7-11)24(28)29)18(20(27)31-2)23-19(26)13-4-3-5-15(21)17(13)22/h3-9,14,18H,10H2,1-2H3,(H,23,26)/t14-,18-/m1/s1. The van der Waals surface area contributed by atoms with Crippen LogP contribution in [0.3, 0.4) is 0 Å². The number of hydrogen-bond acceptors (Lipinski definition) is 7. The van der Waals surface area contributed by atoms with Crippen molar-refractivity contribution in [1.82, 2.24) is 5.32 Å². The first-order valence-electron chi connectivity index (χ1n) is 8.83. The van der Waals surface area contributed by atoms with E-state index in [1.807, 2.05) is 0 Å². The second-order valence-corrected chi connectivity index (χ2v) is 6.31.